The van der Waals surface area contributed by atoms with Gasteiger partial charge in [-0.2, -0.15) is 0 Å². The van der Waals surface area contributed by atoms with Crippen molar-refractivity contribution in [3.8, 4) is 0 Å². The maximum atomic E-state index is 12.0. The first-order valence-electron chi connectivity index (χ1n) is 7.81. The van der Waals surface area contributed by atoms with Gasteiger partial charge in [0.15, 0.2) is 0 Å². The van der Waals surface area contributed by atoms with E-state index in [-0.39, 0.29) is 0 Å². The lowest BCUT2D eigenvalue weighted by Crippen LogP contribution is -2.27. The first-order valence-corrected chi connectivity index (χ1v) is 7.81. The Morgan fingerprint density at radius 2 is 2.11 bits per heavy atom. The van der Waals surface area contributed by atoms with Crippen molar-refractivity contribution in [2.24, 2.45) is 17.8 Å². The van der Waals surface area contributed by atoms with Gasteiger partial charge < -0.3 is 4.74 Å². The molecule has 0 bridgehead atoms. The summed E-state index contributed by atoms with van der Waals surface area (Å²) in [7, 11) is 0. The largest absolute Gasteiger partial charge is 0.378 e. The number of carbonyl (C=O) groups is 1. The van der Waals surface area contributed by atoms with E-state index >= 15 is 0 Å². The van der Waals surface area contributed by atoms with E-state index in [1.807, 2.05) is 0 Å². The maximum absolute atomic E-state index is 12.0. The van der Waals surface area contributed by atoms with Crippen LogP contribution in [-0.4, -0.2) is 18.5 Å². The molecule has 2 heteroatoms. The minimum Gasteiger partial charge on any atom is -0.378 e. The van der Waals surface area contributed by atoms with Crippen LogP contribution in [0.25, 0.3) is 0 Å². The predicted molar refractivity (Wildman–Crippen MR) is 73.5 cm³/mol. The molecule has 0 aromatic heterocycles. The molecule has 1 heterocycles. The van der Waals surface area contributed by atoms with E-state index in [0.29, 0.717) is 17.8 Å². The van der Waals surface area contributed by atoms with Crippen molar-refractivity contribution in [2.75, 3.05) is 6.61 Å². The van der Waals surface area contributed by atoms with Crippen LogP contribution in [0.5, 0.6) is 0 Å². The van der Waals surface area contributed by atoms with Crippen LogP contribution >= 0.6 is 0 Å². The van der Waals surface area contributed by atoms with Gasteiger partial charge in [0.1, 0.15) is 5.78 Å². The Bertz CT molecular complexity index is 266. The number of ether oxygens (including phenoxy) is 1. The van der Waals surface area contributed by atoms with Gasteiger partial charge in [0.05, 0.1) is 6.10 Å². The third-order valence-corrected chi connectivity index (χ3v) is 4.85. The Labute approximate surface area is 111 Å². The van der Waals surface area contributed by atoms with Crippen LogP contribution in [0.4, 0.5) is 0 Å². The number of ketones is 1. The number of rotatable bonds is 5. The van der Waals surface area contributed by atoms with Crippen molar-refractivity contribution in [2.45, 2.75) is 71.3 Å². The molecule has 0 spiro atoms. The van der Waals surface area contributed by atoms with Crippen molar-refractivity contribution >= 4 is 5.78 Å². The Hall–Kier alpha value is -0.370. The monoisotopic (exact) mass is 252 g/mol. The number of Topliss-reactive ketones (excluding diaryl/α,β-unsaturated/α-hetero) is 1. The second-order valence-corrected chi connectivity index (χ2v) is 6.51. The van der Waals surface area contributed by atoms with Gasteiger partial charge in [-0.05, 0) is 50.4 Å². The SMILES string of the molecule is CC(C)C1CCC(=O)C(CCCC2CCCO2)C1. The zero-order valence-corrected chi connectivity index (χ0v) is 12.0. The lowest BCUT2D eigenvalue weighted by molar-refractivity contribution is -0.126. The molecular weight excluding hydrogens is 224 g/mol. The van der Waals surface area contributed by atoms with E-state index in [9.17, 15) is 4.79 Å². The molecule has 1 aliphatic carbocycles. The summed E-state index contributed by atoms with van der Waals surface area (Å²) >= 11 is 0. The van der Waals surface area contributed by atoms with Gasteiger partial charge in [0, 0.05) is 18.9 Å². The predicted octanol–water partition coefficient (Wildman–Crippen LogP) is 3.98. The molecule has 2 nitrogen and oxygen atoms in total. The highest BCUT2D eigenvalue weighted by atomic mass is 16.5. The Balaban J connectivity index is 1.71. The molecule has 2 fully saturated rings. The normalized spacial score (nSPS) is 33.3. The van der Waals surface area contributed by atoms with Crippen LogP contribution in [0.3, 0.4) is 0 Å². The minimum absolute atomic E-state index is 0.354. The van der Waals surface area contributed by atoms with Gasteiger partial charge >= 0.3 is 0 Å². The summed E-state index contributed by atoms with van der Waals surface area (Å²) in [5.74, 6) is 2.39. The smallest absolute Gasteiger partial charge is 0.135 e. The fraction of sp³-hybridized carbons (Fsp3) is 0.938. The standard InChI is InChI=1S/C16H28O2/c1-12(2)13-8-9-16(17)14(11-13)5-3-6-15-7-4-10-18-15/h12-15H,3-11H2,1-2H3. The lowest BCUT2D eigenvalue weighted by Gasteiger charge is -2.30. The second-order valence-electron chi connectivity index (χ2n) is 6.51. The van der Waals surface area contributed by atoms with E-state index in [2.05, 4.69) is 13.8 Å². The molecule has 3 atom stereocenters. The molecule has 2 aliphatic rings. The number of hydrogen-bond donors (Lipinski definition) is 0. The van der Waals surface area contributed by atoms with Crippen molar-refractivity contribution in [1.29, 1.82) is 0 Å². The summed E-state index contributed by atoms with van der Waals surface area (Å²) in [6, 6.07) is 0. The van der Waals surface area contributed by atoms with E-state index < -0.39 is 0 Å². The minimum atomic E-state index is 0.354. The maximum Gasteiger partial charge on any atom is 0.135 e. The van der Waals surface area contributed by atoms with E-state index in [1.165, 1.54) is 19.3 Å². The van der Waals surface area contributed by atoms with Gasteiger partial charge in [0.25, 0.3) is 0 Å². The summed E-state index contributed by atoms with van der Waals surface area (Å²) in [5.41, 5.74) is 0. The van der Waals surface area contributed by atoms with Crippen LogP contribution in [0.2, 0.25) is 0 Å². The molecule has 0 amide bonds. The molecule has 0 radical (unpaired) electrons. The van der Waals surface area contributed by atoms with Crippen molar-refractivity contribution in [3.05, 3.63) is 0 Å². The molecule has 1 saturated heterocycles. The number of hydrogen-bond acceptors (Lipinski definition) is 2. The zero-order chi connectivity index (χ0) is 13.0. The summed E-state index contributed by atoms with van der Waals surface area (Å²) in [6.45, 7) is 5.54. The van der Waals surface area contributed by atoms with Crippen LogP contribution < -0.4 is 0 Å². The highest BCUT2D eigenvalue weighted by Gasteiger charge is 2.30. The van der Waals surface area contributed by atoms with Gasteiger partial charge in [0.2, 0.25) is 0 Å². The summed E-state index contributed by atoms with van der Waals surface area (Å²) in [5, 5.41) is 0. The fourth-order valence-electron chi connectivity index (χ4n) is 3.49. The Morgan fingerprint density at radius 1 is 1.28 bits per heavy atom. The topological polar surface area (TPSA) is 26.3 Å². The van der Waals surface area contributed by atoms with Gasteiger partial charge in [-0.15, -0.1) is 0 Å². The quantitative estimate of drug-likeness (QED) is 0.740. The van der Waals surface area contributed by atoms with Crippen LogP contribution in [0.15, 0.2) is 0 Å². The number of carbonyl (C=O) groups excluding carboxylic acids is 1. The van der Waals surface area contributed by atoms with Gasteiger partial charge in [-0.25, -0.2) is 0 Å². The van der Waals surface area contributed by atoms with Crippen LogP contribution in [-0.2, 0) is 9.53 Å². The summed E-state index contributed by atoms with van der Waals surface area (Å²) in [6.07, 6.45) is 9.47. The Morgan fingerprint density at radius 3 is 2.78 bits per heavy atom. The van der Waals surface area contributed by atoms with Crippen molar-refractivity contribution < 1.29 is 9.53 Å². The van der Waals surface area contributed by atoms with E-state index in [1.54, 1.807) is 0 Å². The second kappa shape index (κ2) is 6.70. The summed E-state index contributed by atoms with van der Waals surface area (Å²) in [4.78, 5) is 12.0. The highest BCUT2D eigenvalue weighted by molar-refractivity contribution is 5.81. The Kier molecular flexibility index (Phi) is 5.23. The van der Waals surface area contributed by atoms with Gasteiger partial charge in [-0.3, -0.25) is 4.79 Å². The van der Waals surface area contributed by atoms with Crippen molar-refractivity contribution in [1.82, 2.24) is 0 Å². The average molecular weight is 252 g/mol. The van der Waals surface area contributed by atoms with Crippen LogP contribution in [0.1, 0.15) is 65.2 Å². The fourth-order valence-corrected chi connectivity index (χ4v) is 3.49. The molecule has 0 N–H and O–H groups in total. The first kappa shape index (κ1) is 14.0. The third kappa shape index (κ3) is 3.81. The lowest BCUT2D eigenvalue weighted by atomic mass is 9.74. The molecule has 0 aromatic rings. The molecule has 3 unspecified atom stereocenters. The first-order chi connectivity index (χ1) is 8.66. The average Bonchev–Trinajstić information content (AvgIpc) is 2.84. The molecule has 104 valence electrons. The molecule has 18 heavy (non-hydrogen) atoms. The van der Waals surface area contributed by atoms with E-state index in [0.717, 1.165) is 50.5 Å². The molecule has 2 rings (SSSR count). The molecular formula is C16H28O2. The summed E-state index contributed by atoms with van der Waals surface area (Å²) < 4.78 is 5.64. The van der Waals surface area contributed by atoms with Crippen LogP contribution in [0, 0.1) is 17.8 Å². The zero-order valence-electron chi connectivity index (χ0n) is 12.0. The van der Waals surface area contributed by atoms with E-state index in [4.69, 9.17) is 4.74 Å². The highest BCUT2D eigenvalue weighted by Crippen LogP contribution is 2.34. The van der Waals surface area contributed by atoms with Gasteiger partial charge in [-0.1, -0.05) is 20.3 Å². The van der Waals surface area contributed by atoms with Crippen molar-refractivity contribution in [3.63, 3.8) is 0 Å². The molecule has 1 aliphatic heterocycles. The molecule has 0 aromatic carbocycles. The molecule has 1 saturated carbocycles. The third-order valence-electron chi connectivity index (χ3n) is 4.85.